The molecule has 0 saturated heterocycles. The quantitative estimate of drug-likeness (QED) is 0.518. The van der Waals surface area contributed by atoms with Crippen molar-refractivity contribution in [3.05, 3.63) is 24.0 Å². The first-order valence-electron chi connectivity index (χ1n) is 2.70. The third kappa shape index (κ3) is 2.05. The molecule has 0 fully saturated rings. The molecule has 1 aliphatic heterocycles. The lowest BCUT2D eigenvalue weighted by atomic mass is 10.4. The van der Waals surface area contributed by atoms with Crippen LogP contribution in [0.5, 0.6) is 0 Å². The van der Waals surface area contributed by atoms with Crippen LogP contribution in [-0.4, -0.2) is 12.2 Å². The third-order valence-electron chi connectivity index (χ3n) is 0.933. The molecule has 5 heteroatoms. The minimum absolute atomic E-state index is 0.837. The average Bonchev–Trinajstić information content (AvgIpc) is 2.10. The highest BCUT2D eigenvalue weighted by Crippen LogP contribution is 2.26. The van der Waals surface area contributed by atoms with Crippen LogP contribution in [0.1, 0.15) is 0 Å². The summed E-state index contributed by atoms with van der Waals surface area (Å²) in [6.07, 6.45) is -1.24. The summed E-state index contributed by atoms with van der Waals surface area (Å²) in [6.45, 7) is 0. The molecule has 0 atom stereocenters. The van der Waals surface area contributed by atoms with Crippen molar-refractivity contribution in [1.82, 2.24) is 0 Å². The first-order valence-corrected chi connectivity index (χ1v) is 2.70. The molecule has 0 aliphatic carbocycles. The van der Waals surface area contributed by atoms with Gasteiger partial charge in [0.05, 0.1) is 6.01 Å². The van der Waals surface area contributed by atoms with Crippen molar-refractivity contribution in [3.63, 3.8) is 0 Å². The van der Waals surface area contributed by atoms with E-state index in [0.29, 0.717) is 0 Å². The van der Waals surface area contributed by atoms with Crippen LogP contribution >= 0.6 is 0 Å². The molecular weight excluding hydrogens is 157 g/mol. The Morgan fingerprint density at radius 1 is 1.36 bits per heavy atom. The van der Waals surface area contributed by atoms with Gasteiger partial charge in [0.25, 0.3) is 0 Å². The molecular formula is C6H3F3N2. The first kappa shape index (κ1) is 7.75. The van der Waals surface area contributed by atoms with Crippen LogP contribution in [-0.2, 0) is 0 Å². The Morgan fingerprint density at radius 3 is 2.73 bits per heavy atom. The van der Waals surface area contributed by atoms with Crippen molar-refractivity contribution in [2.24, 2.45) is 9.98 Å². The Balaban J connectivity index is 2.97. The standard InChI is InChI=1S/C6H3F3N2/c7-6(8,9)5-2-1-3-10-4-11-5/h1-3H. The Morgan fingerprint density at radius 2 is 2.09 bits per heavy atom. The summed E-state index contributed by atoms with van der Waals surface area (Å²) in [7, 11) is 0. The molecule has 1 heterocycles. The van der Waals surface area contributed by atoms with E-state index in [1.165, 1.54) is 6.20 Å². The number of rotatable bonds is 0. The maximum absolute atomic E-state index is 11.8. The molecule has 0 amide bonds. The van der Waals surface area contributed by atoms with Gasteiger partial charge in [0.15, 0.2) is 5.70 Å². The summed E-state index contributed by atoms with van der Waals surface area (Å²) in [6, 6.07) is 1.88. The second kappa shape index (κ2) is 2.72. The fourth-order valence-corrected chi connectivity index (χ4v) is 0.488. The van der Waals surface area contributed by atoms with Gasteiger partial charge in [0, 0.05) is 6.20 Å². The van der Waals surface area contributed by atoms with Crippen LogP contribution in [0, 0.1) is 0 Å². The molecule has 1 aliphatic rings. The summed E-state index contributed by atoms with van der Waals surface area (Å²) in [5, 5.41) is 0. The third-order valence-corrected chi connectivity index (χ3v) is 0.933. The lowest BCUT2D eigenvalue weighted by Crippen LogP contribution is -2.09. The molecule has 0 bridgehead atoms. The summed E-state index contributed by atoms with van der Waals surface area (Å²) >= 11 is 0. The Hall–Kier alpha value is -1.35. The first-order chi connectivity index (χ1) is 5.11. The molecule has 0 aromatic heterocycles. The highest BCUT2D eigenvalue weighted by atomic mass is 19.4. The van der Waals surface area contributed by atoms with Gasteiger partial charge in [0.1, 0.15) is 0 Å². The van der Waals surface area contributed by atoms with Gasteiger partial charge in [-0.05, 0) is 12.2 Å². The molecule has 1 rings (SSSR count). The van der Waals surface area contributed by atoms with Crippen LogP contribution in [0.15, 0.2) is 34.0 Å². The lowest BCUT2D eigenvalue weighted by molar-refractivity contribution is -0.0922. The van der Waals surface area contributed by atoms with E-state index < -0.39 is 11.9 Å². The molecule has 11 heavy (non-hydrogen) atoms. The SMILES string of the molecule is FC(F)(F)C1=CC=CN=C=N1. The van der Waals surface area contributed by atoms with Gasteiger partial charge in [-0.25, -0.2) is 0 Å². The van der Waals surface area contributed by atoms with Crippen LogP contribution in [0.25, 0.3) is 0 Å². The van der Waals surface area contributed by atoms with E-state index in [9.17, 15) is 13.2 Å². The molecule has 0 spiro atoms. The van der Waals surface area contributed by atoms with Gasteiger partial charge in [-0.3, -0.25) is 0 Å². The minimum atomic E-state index is -4.42. The second-order valence-electron chi connectivity index (χ2n) is 1.73. The molecule has 0 radical (unpaired) electrons. The number of allylic oxidation sites excluding steroid dienone is 3. The van der Waals surface area contributed by atoms with E-state index in [1.54, 1.807) is 0 Å². The van der Waals surface area contributed by atoms with Crippen LogP contribution in [0.2, 0.25) is 0 Å². The molecule has 0 aromatic carbocycles. The number of hydrogen-bond donors (Lipinski definition) is 0. The average molecular weight is 160 g/mol. The zero-order valence-electron chi connectivity index (χ0n) is 5.26. The topological polar surface area (TPSA) is 24.7 Å². The number of aliphatic imine (C=N–C) groups is 2. The van der Waals surface area contributed by atoms with Crippen molar-refractivity contribution in [2.45, 2.75) is 6.18 Å². The Labute approximate surface area is 60.5 Å². The summed E-state index contributed by atoms with van der Waals surface area (Å²) < 4.78 is 35.5. The smallest absolute Gasteiger partial charge is 0.196 e. The van der Waals surface area contributed by atoms with Crippen molar-refractivity contribution in [3.8, 4) is 0 Å². The fourth-order valence-electron chi connectivity index (χ4n) is 0.488. The van der Waals surface area contributed by atoms with E-state index in [-0.39, 0.29) is 0 Å². The predicted molar refractivity (Wildman–Crippen MR) is 33.1 cm³/mol. The number of nitrogens with zero attached hydrogens (tertiary/aromatic N) is 2. The molecule has 0 unspecified atom stereocenters. The number of halogens is 3. The van der Waals surface area contributed by atoms with Gasteiger partial charge in [-0.1, -0.05) is 0 Å². The van der Waals surface area contributed by atoms with Crippen molar-refractivity contribution in [2.75, 3.05) is 0 Å². The van der Waals surface area contributed by atoms with Crippen molar-refractivity contribution >= 4 is 6.01 Å². The number of hydrogen-bond acceptors (Lipinski definition) is 2. The van der Waals surface area contributed by atoms with E-state index in [1.807, 2.05) is 6.01 Å². The largest absolute Gasteiger partial charge is 0.434 e. The zero-order chi connectivity index (χ0) is 8.32. The predicted octanol–water partition coefficient (Wildman–Crippen LogP) is 2.13. The Bertz CT molecular complexity index is 266. The van der Waals surface area contributed by atoms with E-state index in [0.717, 1.165) is 12.2 Å². The maximum atomic E-state index is 11.8. The van der Waals surface area contributed by atoms with Gasteiger partial charge in [-0.15, -0.1) is 0 Å². The van der Waals surface area contributed by atoms with Crippen LogP contribution in [0.3, 0.4) is 0 Å². The zero-order valence-corrected chi connectivity index (χ0v) is 5.26. The van der Waals surface area contributed by atoms with E-state index in [2.05, 4.69) is 9.98 Å². The summed E-state index contributed by atoms with van der Waals surface area (Å²) in [5.41, 5.74) is -0.991. The van der Waals surface area contributed by atoms with Crippen LogP contribution in [0.4, 0.5) is 13.2 Å². The van der Waals surface area contributed by atoms with Crippen molar-refractivity contribution < 1.29 is 13.2 Å². The molecule has 58 valence electrons. The molecule has 0 N–H and O–H groups in total. The maximum Gasteiger partial charge on any atom is 0.434 e. The Kier molecular flexibility index (Phi) is 1.92. The molecule has 0 aromatic rings. The lowest BCUT2D eigenvalue weighted by Gasteiger charge is -2.02. The summed E-state index contributed by atoms with van der Waals surface area (Å²) in [4.78, 5) is 6.24. The monoisotopic (exact) mass is 160 g/mol. The second-order valence-corrected chi connectivity index (χ2v) is 1.73. The molecule has 2 nitrogen and oxygen atoms in total. The van der Waals surface area contributed by atoms with Gasteiger partial charge in [0.2, 0.25) is 0 Å². The normalized spacial score (nSPS) is 16.5. The summed E-state index contributed by atoms with van der Waals surface area (Å²) in [5.74, 6) is 0. The van der Waals surface area contributed by atoms with Gasteiger partial charge in [-0.2, -0.15) is 23.2 Å². The van der Waals surface area contributed by atoms with E-state index in [4.69, 9.17) is 0 Å². The number of alkyl halides is 3. The molecule has 0 saturated carbocycles. The van der Waals surface area contributed by atoms with E-state index >= 15 is 0 Å². The fraction of sp³-hybridized carbons (Fsp3) is 0.167. The highest BCUT2D eigenvalue weighted by Gasteiger charge is 2.33. The highest BCUT2D eigenvalue weighted by molar-refractivity contribution is 5.47. The van der Waals surface area contributed by atoms with Crippen LogP contribution < -0.4 is 0 Å². The van der Waals surface area contributed by atoms with Crippen molar-refractivity contribution in [1.29, 1.82) is 0 Å². The minimum Gasteiger partial charge on any atom is -0.196 e. The van der Waals surface area contributed by atoms with Gasteiger partial charge < -0.3 is 0 Å². The van der Waals surface area contributed by atoms with Gasteiger partial charge >= 0.3 is 6.18 Å².